The lowest BCUT2D eigenvalue weighted by Crippen LogP contribution is -2.08. The fourth-order valence-corrected chi connectivity index (χ4v) is 4.40. The van der Waals surface area contributed by atoms with E-state index in [1.807, 2.05) is 5.38 Å². The summed E-state index contributed by atoms with van der Waals surface area (Å²) in [6.07, 6.45) is 3.20. The average Bonchev–Trinajstić information content (AvgIpc) is 3.03. The maximum Gasteiger partial charge on any atom is 0.260 e. The Kier molecular flexibility index (Phi) is 6.23. The van der Waals surface area contributed by atoms with E-state index in [9.17, 15) is 9.18 Å². The largest absolute Gasteiger partial charge is 0.385 e. The molecule has 1 N–H and O–H groups in total. The Morgan fingerprint density at radius 1 is 1.24 bits per heavy atom. The fraction of sp³-hybridized carbons (Fsp3) is 0.333. The van der Waals surface area contributed by atoms with Crippen molar-refractivity contribution in [2.45, 2.75) is 24.4 Å². The predicted molar refractivity (Wildman–Crippen MR) is 102 cm³/mol. The van der Waals surface area contributed by atoms with Crippen molar-refractivity contribution in [3.8, 4) is 11.1 Å². The van der Waals surface area contributed by atoms with Crippen molar-refractivity contribution >= 4 is 33.3 Å². The van der Waals surface area contributed by atoms with E-state index in [1.54, 1.807) is 31.0 Å². The van der Waals surface area contributed by atoms with Gasteiger partial charge >= 0.3 is 0 Å². The Hall–Kier alpha value is -1.70. The molecule has 0 radical (unpaired) electrons. The summed E-state index contributed by atoms with van der Waals surface area (Å²) in [6.45, 7) is 0.785. The quantitative estimate of drug-likeness (QED) is 0.351. The van der Waals surface area contributed by atoms with E-state index in [2.05, 4.69) is 9.97 Å². The normalized spacial score (nSPS) is 11.3. The number of thiophene rings is 1. The van der Waals surface area contributed by atoms with Gasteiger partial charge in [-0.25, -0.2) is 9.37 Å². The number of fused-ring (bicyclic) bond motifs is 1. The number of hydrogen-bond donors (Lipinski definition) is 1. The molecule has 0 saturated heterocycles. The Balaban J connectivity index is 1.75. The van der Waals surface area contributed by atoms with Gasteiger partial charge in [-0.3, -0.25) is 4.79 Å². The second-order valence-electron chi connectivity index (χ2n) is 5.61. The molecule has 4 nitrogen and oxygen atoms in total. The molecule has 25 heavy (non-hydrogen) atoms. The van der Waals surface area contributed by atoms with Crippen molar-refractivity contribution in [1.82, 2.24) is 9.97 Å². The molecular weight excluding hydrogens is 359 g/mol. The molecule has 0 amide bonds. The van der Waals surface area contributed by atoms with Crippen molar-refractivity contribution in [3.05, 3.63) is 45.8 Å². The summed E-state index contributed by atoms with van der Waals surface area (Å²) < 4.78 is 18.1. The molecule has 0 fully saturated rings. The van der Waals surface area contributed by atoms with Crippen LogP contribution in [0.15, 0.2) is 39.6 Å². The van der Waals surface area contributed by atoms with Crippen molar-refractivity contribution in [1.29, 1.82) is 0 Å². The monoisotopic (exact) mass is 378 g/mol. The van der Waals surface area contributed by atoms with Crippen LogP contribution >= 0.6 is 23.1 Å². The molecule has 0 aliphatic rings. The summed E-state index contributed by atoms with van der Waals surface area (Å²) in [6, 6.07) is 6.15. The molecule has 0 atom stereocenters. The molecule has 132 valence electrons. The van der Waals surface area contributed by atoms with Gasteiger partial charge < -0.3 is 9.72 Å². The van der Waals surface area contributed by atoms with E-state index in [0.717, 1.165) is 42.7 Å². The van der Waals surface area contributed by atoms with Crippen LogP contribution in [-0.4, -0.2) is 29.4 Å². The third-order valence-electron chi connectivity index (χ3n) is 3.81. The van der Waals surface area contributed by atoms with Crippen molar-refractivity contribution in [2.24, 2.45) is 0 Å². The van der Waals surface area contributed by atoms with E-state index in [-0.39, 0.29) is 11.4 Å². The standard InChI is InChI=1S/C18H19FN2O2S2/c1-23-9-3-2-4-10-24-18-20-16(22)15-14(11-25-17(15)21-18)12-5-7-13(19)8-6-12/h5-8,11H,2-4,9-10H2,1H3,(H,20,21,22). The molecule has 1 aromatic carbocycles. The van der Waals surface area contributed by atoms with Gasteiger partial charge in [-0.05, 0) is 30.5 Å². The SMILES string of the molecule is COCCCCCSc1nc2scc(-c3ccc(F)cc3)c2c(=O)[nH]1. The van der Waals surface area contributed by atoms with Crippen LogP contribution in [0, 0.1) is 5.82 Å². The topological polar surface area (TPSA) is 55.0 Å². The van der Waals surface area contributed by atoms with Gasteiger partial charge in [0.15, 0.2) is 5.16 Å². The van der Waals surface area contributed by atoms with Crippen LogP contribution in [0.1, 0.15) is 19.3 Å². The molecule has 0 bridgehead atoms. The molecule has 0 saturated carbocycles. The van der Waals surface area contributed by atoms with Crippen LogP contribution in [0.3, 0.4) is 0 Å². The van der Waals surface area contributed by atoms with Gasteiger partial charge in [-0.2, -0.15) is 0 Å². The average molecular weight is 378 g/mol. The highest BCUT2D eigenvalue weighted by molar-refractivity contribution is 7.99. The number of halogens is 1. The molecule has 3 rings (SSSR count). The second-order valence-corrected chi connectivity index (χ2v) is 7.55. The van der Waals surface area contributed by atoms with Crippen molar-refractivity contribution in [2.75, 3.05) is 19.5 Å². The Morgan fingerprint density at radius 2 is 2.04 bits per heavy atom. The van der Waals surface area contributed by atoms with Crippen LogP contribution in [0.2, 0.25) is 0 Å². The summed E-state index contributed by atoms with van der Waals surface area (Å²) in [7, 11) is 1.71. The number of benzene rings is 1. The van der Waals surface area contributed by atoms with E-state index in [1.165, 1.54) is 23.5 Å². The van der Waals surface area contributed by atoms with E-state index < -0.39 is 0 Å². The number of methoxy groups -OCH3 is 1. The third-order valence-corrected chi connectivity index (χ3v) is 5.64. The molecule has 0 aliphatic carbocycles. The zero-order chi connectivity index (χ0) is 17.6. The van der Waals surface area contributed by atoms with Crippen LogP contribution in [0.25, 0.3) is 21.3 Å². The van der Waals surface area contributed by atoms with Gasteiger partial charge in [0.2, 0.25) is 0 Å². The number of thioether (sulfide) groups is 1. The Labute approximate surface area is 153 Å². The molecule has 3 aromatic rings. The fourth-order valence-electron chi connectivity index (χ4n) is 2.53. The minimum absolute atomic E-state index is 0.146. The summed E-state index contributed by atoms with van der Waals surface area (Å²) in [4.78, 5) is 20.6. The van der Waals surface area contributed by atoms with Crippen LogP contribution < -0.4 is 5.56 Å². The van der Waals surface area contributed by atoms with Gasteiger partial charge in [0.1, 0.15) is 10.6 Å². The number of unbranched alkanes of at least 4 members (excludes halogenated alkanes) is 2. The van der Waals surface area contributed by atoms with Gasteiger partial charge in [-0.1, -0.05) is 30.3 Å². The van der Waals surface area contributed by atoms with E-state index in [4.69, 9.17) is 4.74 Å². The van der Waals surface area contributed by atoms with Gasteiger partial charge in [0.05, 0.1) is 5.39 Å². The molecule has 2 aromatic heterocycles. The molecular formula is C18H19FN2O2S2. The number of ether oxygens (including phenoxy) is 1. The van der Waals surface area contributed by atoms with Gasteiger partial charge in [0.25, 0.3) is 5.56 Å². The van der Waals surface area contributed by atoms with Crippen molar-refractivity contribution in [3.63, 3.8) is 0 Å². The summed E-state index contributed by atoms with van der Waals surface area (Å²) in [5.74, 6) is 0.619. The zero-order valence-corrected chi connectivity index (χ0v) is 15.5. The highest BCUT2D eigenvalue weighted by atomic mass is 32.2. The number of H-pyrrole nitrogens is 1. The number of rotatable bonds is 8. The highest BCUT2D eigenvalue weighted by Gasteiger charge is 2.13. The lowest BCUT2D eigenvalue weighted by Gasteiger charge is -2.03. The molecule has 7 heteroatoms. The molecule has 0 aliphatic heterocycles. The van der Waals surface area contributed by atoms with E-state index >= 15 is 0 Å². The predicted octanol–water partition coefficient (Wildman–Crippen LogP) is 4.70. The Morgan fingerprint density at radius 3 is 2.80 bits per heavy atom. The third kappa shape index (κ3) is 4.48. The second kappa shape index (κ2) is 8.60. The summed E-state index contributed by atoms with van der Waals surface area (Å²) >= 11 is 3.00. The minimum Gasteiger partial charge on any atom is -0.385 e. The maximum absolute atomic E-state index is 13.1. The first kappa shape index (κ1) is 18.1. The molecule has 0 unspecified atom stereocenters. The molecule has 0 spiro atoms. The smallest absolute Gasteiger partial charge is 0.260 e. The maximum atomic E-state index is 13.1. The Bertz CT molecular complexity index is 890. The highest BCUT2D eigenvalue weighted by Crippen LogP contribution is 2.31. The summed E-state index contributed by atoms with van der Waals surface area (Å²) in [5.41, 5.74) is 1.47. The van der Waals surface area contributed by atoms with E-state index in [0.29, 0.717) is 15.4 Å². The van der Waals surface area contributed by atoms with Crippen LogP contribution in [0.5, 0.6) is 0 Å². The number of nitrogens with one attached hydrogen (secondary N) is 1. The first-order valence-corrected chi connectivity index (χ1v) is 9.95. The lowest BCUT2D eigenvalue weighted by atomic mass is 10.1. The van der Waals surface area contributed by atoms with Gasteiger partial charge in [-0.15, -0.1) is 11.3 Å². The molecule has 2 heterocycles. The van der Waals surface area contributed by atoms with Crippen molar-refractivity contribution < 1.29 is 9.13 Å². The first-order valence-electron chi connectivity index (χ1n) is 8.08. The number of aromatic amines is 1. The lowest BCUT2D eigenvalue weighted by molar-refractivity contribution is 0.192. The zero-order valence-electron chi connectivity index (χ0n) is 13.9. The van der Waals surface area contributed by atoms with Crippen LogP contribution in [0.4, 0.5) is 4.39 Å². The number of nitrogens with zero attached hydrogens (tertiary/aromatic N) is 1. The van der Waals surface area contributed by atoms with Crippen LogP contribution in [-0.2, 0) is 4.74 Å². The number of hydrogen-bond acceptors (Lipinski definition) is 5. The number of aromatic nitrogens is 2. The summed E-state index contributed by atoms with van der Waals surface area (Å²) in [5, 5.41) is 3.12. The van der Waals surface area contributed by atoms with Gasteiger partial charge in [0, 0.05) is 30.4 Å². The first-order chi connectivity index (χ1) is 12.2. The minimum atomic E-state index is -0.292.